The maximum Gasteiger partial charge on any atom is 0.294 e. The SMILES string of the molecule is CN(C)CCOc1ccc(NC(=O)c2cc([N+](=O)[O-])c(Sc3c(Cl)cncc3Cl)s2)cc1. The van der Waals surface area contributed by atoms with Crippen LogP contribution in [0.2, 0.25) is 10.0 Å². The van der Waals surface area contributed by atoms with Gasteiger partial charge in [-0.25, -0.2) is 0 Å². The molecule has 2 aromatic heterocycles. The van der Waals surface area contributed by atoms with E-state index in [9.17, 15) is 14.9 Å². The smallest absolute Gasteiger partial charge is 0.294 e. The van der Waals surface area contributed by atoms with Crippen molar-refractivity contribution < 1.29 is 14.5 Å². The van der Waals surface area contributed by atoms with Crippen LogP contribution in [0.4, 0.5) is 11.4 Å². The van der Waals surface area contributed by atoms with Gasteiger partial charge in [-0.3, -0.25) is 19.9 Å². The number of carbonyl (C=O) groups is 1. The molecule has 0 radical (unpaired) electrons. The number of hydrogen-bond acceptors (Lipinski definition) is 8. The molecule has 0 saturated carbocycles. The van der Waals surface area contributed by atoms with Gasteiger partial charge in [0, 0.05) is 30.7 Å². The number of rotatable bonds is 9. The molecule has 1 N–H and O–H groups in total. The maximum atomic E-state index is 12.7. The zero-order valence-electron chi connectivity index (χ0n) is 17.0. The zero-order valence-corrected chi connectivity index (χ0v) is 20.1. The van der Waals surface area contributed by atoms with E-state index in [1.165, 1.54) is 18.5 Å². The van der Waals surface area contributed by atoms with E-state index >= 15 is 0 Å². The maximum absolute atomic E-state index is 12.7. The normalized spacial score (nSPS) is 10.9. The molecular formula is C20H18Cl2N4O4S2. The Kier molecular flexibility index (Phi) is 8.32. The van der Waals surface area contributed by atoms with Crippen LogP contribution in [0.25, 0.3) is 0 Å². The van der Waals surface area contributed by atoms with Crippen LogP contribution >= 0.6 is 46.3 Å². The number of nitro groups is 1. The first kappa shape index (κ1) is 24.3. The van der Waals surface area contributed by atoms with Crippen LogP contribution in [0.15, 0.2) is 51.8 Å². The minimum absolute atomic E-state index is 0.187. The molecule has 0 fully saturated rings. The highest BCUT2D eigenvalue weighted by molar-refractivity contribution is 8.01. The summed E-state index contributed by atoms with van der Waals surface area (Å²) in [5.41, 5.74) is 0.346. The molecule has 3 aromatic rings. The van der Waals surface area contributed by atoms with Crippen LogP contribution in [-0.2, 0) is 0 Å². The van der Waals surface area contributed by atoms with Crippen LogP contribution in [-0.4, -0.2) is 48.0 Å². The third kappa shape index (κ3) is 6.33. The highest BCUT2D eigenvalue weighted by atomic mass is 35.5. The molecule has 168 valence electrons. The van der Waals surface area contributed by atoms with Gasteiger partial charge < -0.3 is 15.0 Å². The number of ether oxygens (including phenoxy) is 1. The molecule has 0 unspecified atom stereocenters. The summed E-state index contributed by atoms with van der Waals surface area (Å²) in [5.74, 6) is 0.222. The summed E-state index contributed by atoms with van der Waals surface area (Å²) in [5, 5.41) is 14.8. The van der Waals surface area contributed by atoms with Crippen molar-refractivity contribution in [2.75, 3.05) is 32.6 Å². The summed E-state index contributed by atoms with van der Waals surface area (Å²) >= 11 is 14.3. The van der Waals surface area contributed by atoms with E-state index in [4.69, 9.17) is 27.9 Å². The molecule has 2 heterocycles. The summed E-state index contributed by atoms with van der Waals surface area (Å²) in [6.07, 6.45) is 2.80. The number of halogens is 2. The third-order valence-corrected chi connectivity index (χ3v) is 7.28. The predicted molar refractivity (Wildman–Crippen MR) is 128 cm³/mol. The van der Waals surface area contributed by atoms with E-state index in [2.05, 4.69) is 10.3 Å². The van der Waals surface area contributed by atoms with E-state index < -0.39 is 10.8 Å². The van der Waals surface area contributed by atoms with E-state index in [1.54, 1.807) is 24.3 Å². The number of hydrogen-bond donors (Lipinski definition) is 1. The quantitative estimate of drug-likeness (QED) is 0.290. The molecular weight excluding hydrogens is 495 g/mol. The fraction of sp³-hybridized carbons (Fsp3) is 0.200. The molecule has 0 bridgehead atoms. The van der Waals surface area contributed by atoms with E-state index in [0.29, 0.717) is 27.1 Å². The number of amides is 1. The Morgan fingerprint density at radius 3 is 2.50 bits per heavy atom. The third-order valence-electron chi connectivity index (χ3n) is 4.02. The number of likely N-dealkylation sites (N-methyl/N-ethyl adjacent to an activating group) is 1. The Balaban J connectivity index is 1.73. The van der Waals surface area contributed by atoms with E-state index in [1.807, 2.05) is 19.0 Å². The number of carbonyl (C=O) groups excluding carboxylic acids is 1. The van der Waals surface area contributed by atoms with Gasteiger partial charge >= 0.3 is 0 Å². The highest BCUT2D eigenvalue weighted by Gasteiger charge is 2.25. The van der Waals surface area contributed by atoms with Gasteiger partial charge in [-0.15, -0.1) is 11.3 Å². The van der Waals surface area contributed by atoms with Crippen molar-refractivity contribution in [2.45, 2.75) is 9.10 Å². The lowest BCUT2D eigenvalue weighted by Gasteiger charge is -2.11. The lowest BCUT2D eigenvalue weighted by atomic mass is 10.3. The number of nitrogens with one attached hydrogen (secondary N) is 1. The fourth-order valence-corrected chi connectivity index (χ4v) is 5.20. The monoisotopic (exact) mass is 512 g/mol. The average molecular weight is 513 g/mol. The van der Waals surface area contributed by atoms with Gasteiger partial charge in [-0.05, 0) is 38.4 Å². The number of nitrogens with zero attached hydrogens (tertiary/aromatic N) is 3. The molecule has 12 heteroatoms. The van der Waals surface area contributed by atoms with Crippen molar-refractivity contribution in [3.63, 3.8) is 0 Å². The topological polar surface area (TPSA) is 97.6 Å². The summed E-state index contributed by atoms with van der Waals surface area (Å²) in [6, 6.07) is 8.14. The van der Waals surface area contributed by atoms with E-state index in [-0.39, 0.29) is 20.6 Å². The molecule has 0 saturated heterocycles. The molecule has 8 nitrogen and oxygen atoms in total. The van der Waals surface area contributed by atoms with E-state index in [0.717, 1.165) is 29.6 Å². The van der Waals surface area contributed by atoms with Crippen LogP contribution in [0.3, 0.4) is 0 Å². The number of pyridine rings is 1. The molecule has 1 aromatic carbocycles. The largest absolute Gasteiger partial charge is 0.492 e. The van der Waals surface area contributed by atoms with Gasteiger partial charge in [0.25, 0.3) is 11.6 Å². The summed E-state index contributed by atoms with van der Waals surface area (Å²) in [6.45, 7) is 1.33. The van der Waals surface area contributed by atoms with Crippen LogP contribution in [0, 0.1) is 10.1 Å². The second-order valence-electron chi connectivity index (χ2n) is 6.71. The molecule has 3 rings (SSSR count). The lowest BCUT2D eigenvalue weighted by Crippen LogP contribution is -2.19. The second-order valence-corrected chi connectivity index (χ2v) is 9.85. The molecule has 0 aliphatic heterocycles. The highest BCUT2D eigenvalue weighted by Crippen LogP contribution is 2.45. The second kappa shape index (κ2) is 11.0. The predicted octanol–water partition coefficient (Wildman–Crippen LogP) is 5.70. The van der Waals surface area contributed by atoms with Crippen molar-refractivity contribution in [3.8, 4) is 5.75 Å². The molecule has 1 amide bonds. The van der Waals surface area contributed by atoms with Crippen LogP contribution < -0.4 is 10.1 Å². The lowest BCUT2D eigenvalue weighted by molar-refractivity contribution is -0.387. The Bertz CT molecular complexity index is 1100. The molecule has 0 atom stereocenters. The van der Waals surface area contributed by atoms with Gasteiger partial charge in [-0.1, -0.05) is 35.0 Å². The van der Waals surface area contributed by atoms with Crippen molar-refractivity contribution >= 4 is 63.6 Å². The minimum atomic E-state index is -0.543. The zero-order chi connectivity index (χ0) is 23.3. The van der Waals surface area contributed by atoms with Crippen molar-refractivity contribution in [1.82, 2.24) is 9.88 Å². The van der Waals surface area contributed by atoms with Gasteiger partial charge in [0.05, 0.1) is 19.9 Å². The number of benzene rings is 1. The van der Waals surface area contributed by atoms with Crippen molar-refractivity contribution in [3.05, 3.63) is 67.8 Å². The minimum Gasteiger partial charge on any atom is -0.492 e. The van der Waals surface area contributed by atoms with Crippen molar-refractivity contribution in [1.29, 1.82) is 0 Å². The first-order valence-corrected chi connectivity index (χ1v) is 11.6. The number of thiophene rings is 1. The van der Waals surface area contributed by atoms with Crippen LogP contribution in [0.1, 0.15) is 9.67 Å². The standard InChI is InChI=1S/C20H18Cl2N4O4S2/c1-25(2)7-8-30-13-5-3-12(4-6-13)24-19(27)17-9-16(26(28)29)20(31-17)32-18-14(21)10-23-11-15(18)22/h3-6,9-11H,7-8H2,1-2H3,(H,24,27). The first-order chi connectivity index (χ1) is 15.2. The van der Waals surface area contributed by atoms with Crippen LogP contribution in [0.5, 0.6) is 5.75 Å². The number of aromatic nitrogens is 1. The van der Waals surface area contributed by atoms with Gasteiger partial charge in [0.15, 0.2) is 0 Å². The van der Waals surface area contributed by atoms with Gasteiger partial charge in [0.2, 0.25) is 0 Å². The van der Waals surface area contributed by atoms with Crippen molar-refractivity contribution in [2.24, 2.45) is 0 Å². The summed E-state index contributed by atoms with van der Waals surface area (Å²) < 4.78 is 5.92. The first-order valence-electron chi connectivity index (χ1n) is 9.18. The Labute approximate surface area is 202 Å². The Morgan fingerprint density at radius 1 is 1.25 bits per heavy atom. The molecule has 32 heavy (non-hydrogen) atoms. The fourth-order valence-electron chi connectivity index (χ4n) is 2.44. The summed E-state index contributed by atoms with van der Waals surface area (Å²) in [7, 11) is 3.92. The summed E-state index contributed by atoms with van der Waals surface area (Å²) in [4.78, 5) is 30.2. The Morgan fingerprint density at radius 2 is 1.91 bits per heavy atom. The molecule has 0 aliphatic carbocycles. The average Bonchev–Trinajstić information content (AvgIpc) is 3.16. The van der Waals surface area contributed by atoms with Gasteiger partial charge in [0.1, 0.15) is 21.4 Å². The number of anilines is 1. The van der Waals surface area contributed by atoms with Gasteiger partial charge in [-0.2, -0.15) is 0 Å². The molecule has 0 aliphatic rings. The molecule has 0 spiro atoms. The Hall–Kier alpha value is -2.37.